The van der Waals surface area contributed by atoms with Crippen LogP contribution in [-0.2, 0) is 7.05 Å². The van der Waals surface area contributed by atoms with Crippen LogP contribution in [0.15, 0.2) is 47.7 Å². The highest BCUT2D eigenvalue weighted by molar-refractivity contribution is 5.77. The van der Waals surface area contributed by atoms with E-state index in [0.717, 1.165) is 43.3 Å². The van der Waals surface area contributed by atoms with Crippen LogP contribution in [-0.4, -0.2) is 49.1 Å². The Balaban J connectivity index is 1.61. The van der Waals surface area contributed by atoms with Gasteiger partial charge in [0.25, 0.3) is 0 Å². The van der Waals surface area contributed by atoms with Crippen LogP contribution in [0, 0.1) is 0 Å². The summed E-state index contributed by atoms with van der Waals surface area (Å²) >= 11 is 0. The molecule has 1 saturated heterocycles. The van der Waals surface area contributed by atoms with E-state index < -0.39 is 0 Å². The first-order valence-corrected chi connectivity index (χ1v) is 7.56. The van der Waals surface area contributed by atoms with Crippen molar-refractivity contribution >= 4 is 11.9 Å². The van der Waals surface area contributed by atoms with Crippen LogP contribution in [0.25, 0.3) is 0 Å². The maximum atomic E-state index is 5.45. The second kappa shape index (κ2) is 6.56. The Kier molecular flexibility index (Phi) is 4.32. The molecular formula is C17H22N4O. The first-order chi connectivity index (χ1) is 10.8. The van der Waals surface area contributed by atoms with Crippen molar-refractivity contribution in [3.63, 3.8) is 0 Å². The first kappa shape index (κ1) is 14.5. The van der Waals surface area contributed by atoms with E-state index >= 15 is 0 Å². The van der Waals surface area contributed by atoms with Crippen LogP contribution in [0.4, 0.5) is 5.69 Å². The maximum Gasteiger partial charge on any atom is 0.142 e. The summed E-state index contributed by atoms with van der Waals surface area (Å²) in [5, 5.41) is 6.71. The molecule has 0 amide bonds. The Morgan fingerprint density at radius 1 is 1.05 bits per heavy atom. The number of benzene rings is 1. The molecule has 0 bridgehead atoms. The van der Waals surface area contributed by atoms with Gasteiger partial charge in [-0.05, 0) is 24.3 Å². The average molecular weight is 298 g/mol. The SMILES string of the molecule is COc1ccccc1N1CCN(/N=C/c2cccn2C)CC1. The summed E-state index contributed by atoms with van der Waals surface area (Å²) in [7, 11) is 3.75. The van der Waals surface area contributed by atoms with E-state index in [4.69, 9.17) is 4.74 Å². The van der Waals surface area contributed by atoms with Gasteiger partial charge in [0.2, 0.25) is 0 Å². The van der Waals surface area contributed by atoms with Gasteiger partial charge in [-0.1, -0.05) is 12.1 Å². The molecule has 2 heterocycles. The predicted octanol–water partition coefficient (Wildman–Crippen LogP) is 2.19. The van der Waals surface area contributed by atoms with E-state index in [1.807, 2.05) is 37.7 Å². The van der Waals surface area contributed by atoms with Crippen molar-refractivity contribution < 1.29 is 4.74 Å². The number of para-hydroxylation sites is 2. The van der Waals surface area contributed by atoms with Crippen molar-refractivity contribution in [1.29, 1.82) is 0 Å². The third kappa shape index (κ3) is 3.08. The van der Waals surface area contributed by atoms with E-state index in [9.17, 15) is 0 Å². The highest BCUT2D eigenvalue weighted by atomic mass is 16.5. The molecule has 0 N–H and O–H groups in total. The molecule has 1 aromatic heterocycles. The van der Waals surface area contributed by atoms with Crippen LogP contribution in [0.5, 0.6) is 5.75 Å². The molecule has 1 fully saturated rings. The maximum absolute atomic E-state index is 5.45. The van der Waals surface area contributed by atoms with E-state index in [0.29, 0.717) is 0 Å². The topological polar surface area (TPSA) is 33.0 Å². The van der Waals surface area contributed by atoms with Gasteiger partial charge in [0.1, 0.15) is 5.75 Å². The summed E-state index contributed by atoms with van der Waals surface area (Å²) < 4.78 is 7.51. The Hall–Kier alpha value is -2.43. The number of rotatable bonds is 4. The number of ether oxygens (including phenoxy) is 1. The molecule has 0 saturated carbocycles. The fraction of sp³-hybridized carbons (Fsp3) is 0.353. The lowest BCUT2D eigenvalue weighted by Crippen LogP contribution is -2.44. The Morgan fingerprint density at radius 3 is 2.50 bits per heavy atom. The Labute approximate surface area is 131 Å². The van der Waals surface area contributed by atoms with Gasteiger partial charge in [0, 0.05) is 26.3 Å². The van der Waals surface area contributed by atoms with Crippen molar-refractivity contribution in [2.75, 3.05) is 38.2 Å². The third-order valence-corrected chi connectivity index (χ3v) is 4.02. The lowest BCUT2D eigenvalue weighted by atomic mass is 10.2. The number of anilines is 1. The van der Waals surface area contributed by atoms with E-state index in [1.165, 1.54) is 0 Å². The summed E-state index contributed by atoms with van der Waals surface area (Å²) in [5.74, 6) is 0.934. The fourth-order valence-electron chi connectivity index (χ4n) is 2.69. The van der Waals surface area contributed by atoms with Gasteiger partial charge in [0.15, 0.2) is 0 Å². The minimum Gasteiger partial charge on any atom is -0.495 e. The molecular weight excluding hydrogens is 276 g/mol. The smallest absolute Gasteiger partial charge is 0.142 e. The molecule has 3 rings (SSSR count). The summed E-state index contributed by atoms with van der Waals surface area (Å²) in [6, 6.07) is 12.3. The standard InChI is InChI=1S/C17H22N4O/c1-19-9-5-6-15(19)14-18-21-12-10-20(11-13-21)16-7-3-4-8-17(16)22-2/h3-9,14H,10-13H2,1-2H3/b18-14+. The van der Waals surface area contributed by atoms with Gasteiger partial charge in [0.05, 0.1) is 37.8 Å². The number of hydrogen-bond donors (Lipinski definition) is 0. The molecule has 0 spiro atoms. The predicted molar refractivity (Wildman–Crippen MR) is 89.8 cm³/mol. The minimum absolute atomic E-state index is 0.916. The molecule has 116 valence electrons. The van der Waals surface area contributed by atoms with Crippen molar-refractivity contribution in [2.45, 2.75) is 0 Å². The molecule has 22 heavy (non-hydrogen) atoms. The lowest BCUT2D eigenvalue weighted by Gasteiger charge is -2.35. The second-order valence-corrected chi connectivity index (χ2v) is 5.40. The van der Waals surface area contributed by atoms with E-state index in [-0.39, 0.29) is 0 Å². The van der Waals surface area contributed by atoms with Crippen molar-refractivity contribution in [2.24, 2.45) is 12.1 Å². The molecule has 5 nitrogen and oxygen atoms in total. The van der Waals surface area contributed by atoms with Crippen LogP contribution in [0.1, 0.15) is 5.69 Å². The number of aryl methyl sites for hydroxylation is 1. The van der Waals surface area contributed by atoms with Crippen LogP contribution in [0.3, 0.4) is 0 Å². The molecule has 0 atom stereocenters. The second-order valence-electron chi connectivity index (χ2n) is 5.40. The van der Waals surface area contributed by atoms with E-state index in [2.05, 4.69) is 37.8 Å². The number of nitrogens with zero attached hydrogens (tertiary/aromatic N) is 4. The van der Waals surface area contributed by atoms with E-state index in [1.54, 1.807) is 7.11 Å². The molecule has 5 heteroatoms. The largest absolute Gasteiger partial charge is 0.495 e. The van der Waals surface area contributed by atoms with Crippen molar-refractivity contribution in [3.8, 4) is 5.75 Å². The quantitative estimate of drug-likeness (QED) is 0.811. The van der Waals surface area contributed by atoms with Gasteiger partial charge in [-0.25, -0.2) is 0 Å². The summed E-state index contributed by atoms with van der Waals surface area (Å²) in [4.78, 5) is 2.35. The Morgan fingerprint density at radius 2 is 1.82 bits per heavy atom. The summed E-state index contributed by atoms with van der Waals surface area (Å²) in [6.07, 6.45) is 3.96. The molecule has 1 aromatic carbocycles. The molecule has 0 unspecified atom stereocenters. The summed E-state index contributed by atoms with van der Waals surface area (Å²) in [6.45, 7) is 3.73. The fourth-order valence-corrected chi connectivity index (χ4v) is 2.69. The molecule has 1 aliphatic heterocycles. The Bertz CT molecular complexity index is 642. The van der Waals surface area contributed by atoms with Gasteiger partial charge in [-0.2, -0.15) is 5.10 Å². The number of aromatic nitrogens is 1. The zero-order valence-corrected chi connectivity index (χ0v) is 13.1. The normalized spacial score (nSPS) is 15.5. The highest BCUT2D eigenvalue weighted by Gasteiger charge is 2.18. The number of methoxy groups -OCH3 is 1. The number of hydrogen-bond acceptors (Lipinski definition) is 4. The van der Waals surface area contributed by atoms with Gasteiger partial charge < -0.3 is 14.2 Å². The van der Waals surface area contributed by atoms with Gasteiger partial charge in [-0.15, -0.1) is 0 Å². The van der Waals surface area contributed by atoms with Crippen LogP contribution < -0.4 is 9.64 Å². The van der Waals surface area contributed by atoms with Crippen LogP contribution in [0.2, 0.25) is 0 Å². The highest BCUT2D eigenvalue weighted by Crippen LogP contribution is 2.28. The molecule has 2 aromatic rings. The third-order valence-electron chi connectivity index (χ3n) is 4.02. The molecule has 0 radical (unpaired) electrons. The van der Waals surface area contributed by atoms with Crippen LogP contribution >= 0.6 is 0 Å². The average Bonchev–Trinajstić information content (AvgIpc) is 2.98. The monoisotopic (exact) mass is 298 g/mol. The zero-order valence-electron chi connectivity index (χ0n) is 13.1. The van der Waals surface area contributed by atoms with Gasteiger partial charge >= 0.3 is 0 Å². The molecule has 0 aliphatic carbocycles. The summed E-state index contributed by atoms with van der Waals surface area (Å²) in [5.41, 5.74) is 2.28. The minimum atomic E-state index is 0.916. The van der Waals surface area contributed by atoms with Gasteiger partial charge in [-0.3, -0.25) is 5.01 Å². The van der Waals surface area contributed by atoms with Crippen molar-refractivity contribution in [1.82, 2.24) is 9.58 Å². The molecule has 1 aliphatic rings. The zero-order chi connectivity index (χ0) is 15.4. The number of piperazine rings is 1. The van der Waals surface area contributed by atoms with Crippen molar-refractivity contribution in [3.05, 3.63) is 48.3 Å². The number of hydrazone groups is 1. The first-order valence-electron chi connectivity index (χ1n) is 7.56. The lowest BCUT2D eigenvalue weighted by molar-refractivity contribution is 0.271.